The topological polar surface area (TPSA) is 69.1 Å². The van der Waals surface area contributed by atoms with Gasteiger partial charge in [0.25, 0.3) is 6.01 Å². The fourth-order valence-corrected chi connectivity index (χ4v) is 2.74. The van der Waals surface area contributed by atoms with E-state index in [0.29, 0.717) is 28.6 Å². The molecule has 0 aromatic carbocycles. The van der Waals surface area contributed by atoms with Gasteiger partial charge in [-0.15, -0.1) is 11.3 Å². The van der Waals surface area contributed by atoms with E-state index in [1.807, 2.05) is 0 Å². The predicted molar refractivity (Wildman–Crippen MR) is 66.2 cm³/mol. The van der Waals surface area contributed by atoms with Crippen molar-refractivity contribution >= 4 is 27.6 Å². The van der Waals surface area contributed by atoms with Gasteiger partial charge < -0.3 is 10.2 Å². The number of aryl methyl sites for hydroxylation is 1. The molecule has 0 atom stereocenters. The van der Waals surface area contributed by atoms with Gasteiger partial charge in [-0.25, -0.2) is 4.79 Å². The zero-order chi connectivity index (χ0) is 14.0. The molecule has 0 amide bonds. The van der Waals surface area contributed by atoms with Gasteiger partial charge in [-0.05, 0) is 30.2 Å². The summed E-state index contributed by atoms with van der Waals surface area (Å²) in [5.74, 6) is 0. The number of unbranched alkanes of at least 4 members (excludes halogenated alkanes) is 1. The average Bonchev–Trinajstić information content (AvgIpc) is 2.66. The summed E-state index contributed by atoms with van der Waals surface area (Å²) in [5, 5.41) is 2.04. The van der Waals surface area contributed by atoms with Gasteiger partial charge in [-0.2, -0.15) is 18.2 Å². The van der Waals surface area contributed by atoms with E-state index in [-0.39, 0.29) is 12.4 Å². The average molecular weight is 292 g/mol. The van der Waals surface area contributed by atoms with Gasteiger partial charge >= 0.3 is 11.8 Å². The Morgan fingerprint density at radius 1 is 1.37 bits per heavy atom. The van der Waals surface area contributed by atoms with Crippen molar-refractivity contribution in [3.05, 3.63) is 21.4 Å². The van der Waals surface area contributed by atoms with Gasteiger partial charge in [-0.1, -0.05) is 0 Å². The third-order valence-corrected chi connectivity index (χ3v) is 3.54. The lowest BCUT2D eigenvalue weighted by Crippen LogP contribution is -2.07. The summed E-state index contributed by atoms with van der Waals surface area (Å²) in [5.41, 5.74) is 5.39. The Kier molecular flexibility index (Phi) is 3.79. The van der Waals surface area contributed by atoms with Crippen molar-refractivity contribution in [1.29, 1.82) is 0 Å². The Bertz CT molecular complexity index is 633. The van der Waals surface area contributed by atoms with Crippen LogP contribution >= 0.6 is 11.3 Å². The summed E-state index contributed by atoms with van der Waals surface area (Å²) >= 11 is 1.23. The van der Waals surface area contributed by atoms with Crippen LogP contribution in [0.1, 0.15) is 24.8 Å². The van der Waals surface area contributed by atoms with Gasteiger partial charge in [0.1, 0.15) is 10.2 Å². The zero-order valence-electron chi connectivity index (χ0n) is 9.79. The van der Waals surface area contributed by atoms with Crippen molar-refractivity contribution < 1.29 is 17.6 Å². The summed E-state index contributed by atoms with van der Waals surface area (Å²) in [4.78, 5) is 15.9. The molecule has 104 valence electrons. The molecule has 2 heterocycles. The first kappa shape index (κ1) is 13.9. The van der Waals surface area contributed by atoms with Crippen molar-refractivity contribution in [3.63, 3.8) is 0 Å². The van der Waals surface area contributed by atoms with Crippen LogP contribution in [0.2, 0.25) is 0 Å². The molecule has 2 aromatic heterocycles. The molecule has 2 N–H and O–H groups in total. The minimum absolute atomic E-state index is 0.0363. The summed E-state index contributed by atoms with van der Waals surface area (Å²) in [7, 11) is 0. The summed E-state index contributed by atoms with van der Waals surface area (Å²) in [6, 6.07) is -0.206. The minimum atomic E-state index is -4.13. The van der Waals surface area contributed by atoms with Gasteiger partial charge in [-0.3, -0.25) is 0 Å². The van der Waals surface area contributed by atoms with E-state index < -0.39 is 18.2 Å². The van der Waals surface area contributed by atoms with Crippen molar-refractivity contribution in [2.45, 2.75) is 31.9 Å². The van der Waals surface area contributed by atoms with Crippen molar-refractivity contribution in [2.24, 2.45) is 0 Å². The smallest absolute Gasteiger partial charge is 0.389 e. The van der Waals surface area contributed by atoms with E-state index in [9.17, 15) is 18.0 Å². The highest BCUT2D eigenvalue weighted by Crippen LogP contribution is 2.26. The number of anilines is 1. The number of hydrogen-bond acceptors (Lipinski definition) is 5. The molecule has 0 fully saturated rings. The zero-order valence-corrected chi connectivity index (χ0v) is 10.6. The van der Waals surface area contributed by atoms with E-state index in [2.05, 4.69) is 9.40 Å². The highest BCUT2D eigenvalue weighted by Gasteiger charge is 2.25. The maximum Gasteiger partial charge on any atom is 0.389 e. The molecule has 8 heteroatoms. The molecule has 0 aliphatic rings. The van der Waals surface area contributed by atoms with Crippen LogP contribution < -0.4 is 11.4 Å². The van der Waals surface area contributed by atoms with Crippen molar-refractivity contribution in [3.8, 4) is 0 Å². The lowest BCUT2D eigenvalue weighted by Gasteiger charge is -2.05. The van der Waals surface area contributed by atoms with Gasteiger partial charge in [0.05, 0.1) is 0 Å². The van der Waals surface area contributed by atoms with Crippen molar-refractivity contribution in [1.82, 2.24) is 4.98 Å². The Morgan fingerprint density at radius 2 is 2.11 bits per heavy atom. The number of nitrogen functional groups attached to an aromatic ring is 1. The Labute approximate surface area is 110 Å². The minimum Gasteiger partial charge on any atom is -0.389 e. The summed E-state index contributed by atoms with van der Waals surface area (Å²) < 4.78 is 40.7. The molecule has 0 radical (unpaired) electrons. The van der Waals surface area contributed by atoms with Crippen LogP contribution in [0.15, 0.2) is 14.6 Å². The Hall–Kier alpha value is -1.57. The molecule has 0 aliphatic carbocycles. The molecule has 0 spiro atoms. The molecule has 19 heavy (non-hydrogen) atoms. The Balaban J connectivity index is 2.08. The number of nitrogens with zero attached hydrogens (tertiary/aromatic N) is 1. The number of thiophene rings is 1. The molecule has 0 aliphatic heterocycles. The van der Waals surface area contributed by atoms with Crippen LogP contribution in [0.5, 0.6) is 0 Å². The highest BCUT2D eigenvalue weighted by atomic mass is 32.1. The normalized spacial score (nSPS) is 12.2. The second kappa shape index (κ2) is 5.20. The SMILES string of the molecule is Nc1nc2scc(CCCCC(F)(F)F)c2c(=O)o1. The maximum absolute atomic E-state index is 12.0. The number of alkyl halides is 3. The van der Waals surface area contributed by atoms with Crippen LogP contribution in [0, 0.1) is 0 Å². The predicted octanol–water partition coefficient (Wildman–Crippen LogP) is 3.11. The fraction of sp³-hybridized carbons (Fsp3) is 0.455. The lowest BCUT2D eigenvalue weighted by atomic mass is 10.1. The van der Waals surface area contributed by atoms with Gasteiger partial charge in [0.2, 0.25) is 0 Å². The fourth-order valence-electron chi connectivity index (χ4n) is 1.78. The first-order valence-electron chi connectivity index (χ1n) is 5.60. The van der Waals surface area contributed by atoms with Crippen LogP contribution in [0.25, 0.3) is 10.2 Å². The molecule has 0 saturated heterocycles. The van der Waals surface area contributed by atoms with Crippen LogP contribution in [-0.2, 0) is 6.42 Å². The van der Waals surface area contributed by atoms with Crippen LogP contribution in [-0.4, -0.2) is 11.2 Å². The quantitative estimate of drug-likeness (QED) is 0.879. The second-order valence-electron chi connectivity index (χ2n) is 4.10. The van der Waals surface area contributed by atoms with Gasteiger partial charge in [0.15, 0.2) is 0 Å². The molecule has 4 nitrogen and oxygen atoms in total. The summed E-state index contributed by atoms with van der Waals surface area (Å²) in [6.45, 7) is 0. The van der Waals surface area contributed by atoms with Gasteiger partial charge in [0, 0.05) is 6.42 Å². The maximum atomic E-state index is 12.0. The highest BCUT2D eigenvalue weighted by molar-refractivity contribution is 7.16. The number of hydrogen-bond donors (Lipinski definition) is 1. The molecule has 2 rings (SSSR count). The molecule has 0 unspecified atom stereocenters. The standard InChI is InChI=1S/C11H11F3N2O2S/c12-11(13,14)4-2-1-3-6-5-19-8-7(6)9(17)18-10(15)16-8/h5H,1-4H2,(H2,15,16). The van der Waals surface area contributed by atoms with E-state index >= 15 is 0 Å². The lowest BCUT2D eigenvalue weighted by molar-refractivity contribution is -0.135. The largest absolute Gasteiger partial charge is 0.389 e. The third kappa shape index (κ3) is 3.46. The number of nitrogens with two attached hydrogens (primary N) is 1. The molecular formula is C11H11F3N2O2S. The second-order valence-corrected chi connectivity index (χ2v) is 4.96. The van der Waals surface area contributed by atoms with E-state index in [0.717, 1.165) is 0 Å². The number of rotatable bonds is 4. The van der Waals surface area contributed by atoms with Crippen LogP contribution in [0.3, 0.4) is 0 Å². The van der Waals surface area contributed by atoms with E-state index in [4.69, 9.17) is 5.73 Å². The number of aromatic nitrogens is 1. The Morgan fingerprint density at radius 3 is 2.79 bits per heavy atom. The van der Waals surface area contributed by atoms with E-state index in [1.165, 1.54) is 11.3 Å². The number of fused-ring (bicyclic) bond motifs is 1. The van der Waals surface area contributed by atoms with E-state index in [1.54, 1.807) is 5.38 Å². The monoisotopic (exact) mass is 292 g/mol. The third-order valence-electron chi connectivity index (χ3n) is 2.62. The van der Waals surface area contributed by atoms with Crippen LogP contribution in [0.4, 0.5) is 19.2 Å². The first-order valence-corrected chi connectivity index (χ1v) is 6.48. The number of halogens is 3. The molecular weight excluding hydrogens is 281 g/mol. The first-order chi connectivity index (χ1) is 8.87. The molecule has 0 saturated carbocycles. The summed E-state index contributed by atoms with van der Waals surface area (Å²) in [6.07, 6.45) is -4.16. The molecule has 0 bridgehead atoms. The molecule has 2 aromatic rings. The van der Waals surface area contributed by atoms with Crippen molar-refractivity contribution in [2.75, 3.05) is 5.73 Å².